The van der Waals surface area contributed by atoms with Gasteiger partial charge in [-0.3, -0.25) is 10.1 Å². The molecule has 108 valence electrons. The lowest BCUT2D eigenvalue weighted by Gasteiger charge is -2.09. The van der Waals surface area contributed by atoms with Crippen LogP contribution in [0.15, 0.2) is 18.2 Å². The number of hydrogen-bond donors (Lipinski definition) is 1. The molecule has 1 aromatic heterocycles. The minimum Gasteiger partial charge on any atom is -0.476 e. The van der Waals surface area contributed by atoms with Crippen molar-refractivity contribution in [3.63, 3.8) is 0 Å². The predicted molar refractivity (Wildman–Crippen MR) is 71.7 cm³/mol. The normalized spacial score (nSPS) is 14.1. The Bertz CT molecular complexity index is 749. The number of aromatic carboxylic acids is 1. The number of aromatic nitrogens is 3. The molecule has 0 radical (unpaired) electrons. The summed E-state index contributed by atoms with van der Waals surface area (Å²) < 4.78 is 1.42. The summed E-state index contributed by atoms with van der Waals surface area (Å²) in [6.07, 6.45) is 1.75. The lowest BCUT2D eigenvalue weighted by atomic mass is 10.1. The molecule has 8 heteroatoms. The van der Waals surface area contributed by atoms with Crippen molar-refractivity contribution in [2.75, 3.05) is 0 Å². The summed E-state index contributed by atoms with van der Waals surface area (Å²) in [7, 11) is 0. The molecule has 1 heterocycles. The van der Waals surface area contributed by atoms with Crippen LogP contribution in [0.25, 0.3) is 5.69 Å². The Morgan fingerprint density at radius 1 is 1.48 bits per heavy atom. The highest BCUT2D eigenvalue weighted by atomic mass is 16.6. The molecule has 1 aromatic carbocycles. The standard InChI is InChI=1S/C13H12N4O4/c1-7-2-5-9(17(20)21)6-10(7)16-12(8-3-4-8)11(13(18)19)14-15-16/h2,5-6,8H,3-4H2,1H3,(H,18,19). The third kappa shape index (κ3) is 2.24. The largest absolute Gasteiger partial charge is 0.476 e. The van der Waals surface area contributed by atoms with Crippen LogP contribution in [0.2, 0.25) is 0 Å². The number of rotatable bonds is 4. The van der Waals surface area contributed by atoms with Crippen LogP contribution in [-0.2, 0) is 0 Å². The van der Waals surface area contributed by atoms with E-state index in [1.807, 2.05) is 0 Å². The Balaban J connectivity index is 2.19. The van der Waals surface area contributed by atoms with E-state index in [4.69, 9.17) is 0 Å². The number of carboxylic acid groups (broad SMARTS) is 1. The monoisotopic (exact) mass is 288 g/mol. The van der Waals surface area contributed by atoms with Gasteiger partial charge in [0, 0.05) is 18.1 Å². The highest BCUT2D eigenvalue weighted by Crippen LogP contribution is 2.42. The summed E-state index contributed by atoms with van der Waals surface area (Å²) in [5.41, 5.74) is 1.63. The van der Waals surface area contributed by atoms with Crippen molar-refractivity contribution in [2.45, 2.75) is 25.7 Å². The summed E-state index contributed by atoms with van der Waals surface area (Å²) in [5.74, 6) is -1.03. The molecule has 21 heavy (non-hydrogen) atoms. The zero-order valence-corrected chi connectivity index (χ0v) is 11.2. The molecule has 0 saturated heterocycles. The van der Waals surface area contributed by atoms with Crippen LogP contribution in [-0.4, -0.2) is 31.0 Å². The third-order valence-electron chi connectivity index (χ3n) is 3.50. The number of carbonyl (C=O) groups is 1. The second kappa shape index (κ2) is 4.65. The van der Waals surface area contributed by atoms with Crippen molar-refractivity contribution in [1.82, 2.24) is 15.0 Å². The van der Waals surface area contributed by atoms with Gasteiger partial charge in [-0.25, -0.2) is 9.48 Å². The van der Waals surface area contributed by atoms with Gasteiger partial charge >= 0.3 is 5.97 Å². The van der Waals surface area contributed by atoms with Crippen LogP contribution >= 0.6 is 0 Å². The Labute approximate surface area is 119 Å². The highest BCUT2D eigenvalue weighted by Gasteiger charge is 2.34. The molecule has 0 aliphatic heterocycles. The van der Waals surface area contributed by atoms with Gasteiger partial charge in [0.1, 0.15) is 0 Å². The SMILES string of the molecule is Cc1ccc([N+](=O)[O-])cc1-n1nnc(C(=O)O)c1C1CC1. The van der Waals surface area contributed by atoms with Crippen molar-refractivity contribution in [1.29, 1.82) is 0 Å². The Kier molecular flexibility index (Phi) is 2.93. The molecule has 0 amide bonds. The van der Waals surface area contributed by atoms with Gasteiger partial charge in [0.2, 0.25) is 0 Å². The van der Waals surface area contributed by atoms with E-state index in [0.29, 0.717) is 11.4 Å². The minimum absolute atomic E-state index is 0.0651. The van der Waals surface area contributed by atoms with Gasteiger partial charge in [0.25, 0.3) is 5.69 Å². The van der Waals surface area contributed by atoms with Crippen LogP contribution < -0.4 is 0 Å². The van der Waals surface area contributed by atoms with E-state index in [2.05, 4.69) is 10.3 Å². The van der Waals surface area contributed by atoms with E-state index in [9.17, 15) is 20.0 Å². The smallest absolute Gasteiger partial charge is 0.358 e. The first-order valence-corrected chi connectivity index (χ1v) is 6.43. The van der Waals surface area contributed by atoms with E-state index >= 15 is 0 Å². The van der Waals surface area contributed by atoms with Crippen molar-refractivity contribution in [2.24, 2.45) is 0 Å². The molecule has 0 spiro atoms. The minimum atomic E-state index is -1.13. The maximum absolute atomic E-state index is 11.2. The van der Waals surface area contributed by atoms with Crippen LogP contribution in [0.4, 0.5) is 5.69 Å². The number of nitrogens with zero attached hydrogens (tertiary/aromatic N) is 4. The number of nitro groups is 1. The molecule has 0 bridgehead atoms. The summed E-state index contributed by atoms with van der Waals surface area (Å²) in [6, 6.07) is 4.42. The van der Waals surface area contributed by atoms with E-state index < -0.39 is 10.9 Å². The zero-order valence-electron chi connectivity index (χ0n) is 11.2. The van der Waals surface area contributed by atoms with Gasteiger partial charge < -0.3 is 5.11 Å². The summed E-state index contributed by atoms with van der Waals surface area (Å²) >= 11 is 0. The number of hydrogen-bond acceptors (Lipinski definition) is 5. The van der Waals surface area contributed by atoms with Crippen molar-refractivity contribution >= 4 is 11.7 Å². The highest BCUT2D eigenvalue weighted by molar-refractivity contribution is 5.87. The van der Waals surface area contributed by atoms with E-state index in [1.54, 1.807) is 13.0 Å². The van der Waals surface area contributed by atoms with Gasteiger partial charge in [-0.15, -0.1) is 5.10 Å². The zero-order chi connectivity index (χ0) is 15.1. The van der Waals surface area contributed by atoms with Crippen LogP contribution in [0.5, 0.6) is 0 Å². The first-order valence-electron chi connectivity index (χ1n) is 6.43. The number of aryl methyl sites for hydroxylation is 1. The van der Waals surface area contributed by atoms with Crippen LogP contribution in [0, 0.1) is 17.0 Å². The average molecular weight is 288 g/mol. The second-order valence-electron chi connectivity index (χ2n) is 5.04. The lowest BCUT2D eigenvalue weighted by Crippen LogP contribution is -2.07. The quantitative estimate of drug-likeness (QED) is 0.680. The maximum Gasteiger partial charge on any atom is 0.358 e. The Hall–Kier alpha value is -2.77. The number of non-ortho nitro benzene ring substituents is 1. The molecular formula is C13H12N4O4. The molecule has 1 fully saturated rings. The molecule has 1 saturated carbocycles. The average Bonchev–Trinajstić information content (AvgIpc) is 3.17. The molecule has 0 atom stereocenters. The maximum atomic E-state index is 11.2. The van der Waals surface area contributed by atoms with Crippen molar-refractivity contribution in [3.05, 3.63) is 45.3 Å². The van der Waals surface area contributed by atoms with E-state index in [0.717, 1.165) is 18.4 Å². The van der Waals surface area contributed by atoms with Crippen molar-refractivity contribution in [3.8, 4) is 5.69 Å². The van der Waals surface area contributed by atoms with Gasteiger partial charge in [0.15, 0.2) is 5.69 Å². The summed E-state index contributed by atoms with van der Waals surface area (Å²) in [6.45, 7) is 1.79. The van der Waals surface area contributed by atoms with Gasteiger partial charge in [0.05, 0.1) is 16.3 Å². The molecule has 0 unspecified atom stereocenters. The Morgan fingerprint density at radius 2 is 2.19 bits per heavy atom. The fourth-order valence-electron chi connectivity index (χ4n) is 2.28. The molecule has 1 N–H and O–H groups in total. The van der Waals surface area contributed by atoms with Gasteiger partial charge in [-0.1, -0.05) is 11.3 Å². The van der Waals surface area contributed by atoms with E-state index in [-0.39, 0.29) is 17.3 Å². The fraction of sp³-hybridized carbons (Fsp3) is 0.308. The van der Waals surface area contributed by atoms with Gasteiger partial charge in [-0.2, -0.15) is 0 Å². The fourth-order valence-corrected chi connectivity index (χ4v) is 2.28. The first-order chi connectivity index (χ1) is 9.99. The summed E-state index contributed by atoms with van der Waals surface area (Å²) in [5, 5.41) is 27.7. The Morgan fingerprint density at radius 3 is 2.76 bits per heavy atom. The van der Waals surface area contributed by atoms with Crippen LogP contribution in [0.3, 0.4) is 0 Å². The van der Waals surface area contributed by atoms with Crippen molar-refractivity contribution < 1.29 is 14.8 Å². The molecule has 1 aliphatic rings. The van der Waals surface area contributed by atoms with Crippen LogP contribution in [0.1, 0.15) is 40.5 Å². The number of nitro benzene ring substituents is 1. The first kappa shape index (κ1) is 13.2. The van der Waals surface area contributed by atoms with E-state index in [1.165, 1.54) is 16.8 Å². The molecule has 1 aliphatic carbocycles. The van der Waals surface area contributed by atoms with Gasteiger partial charge in [-0.05, 0) is 25.3 Å². The molecule has 2 aromatic rings. The molecule has 8 nitrogen and oxygen atoms in total. The molecule has 3 rings (SSSR count). The third-order valence-corrected chi connectivity index (χ3v) is 3.50. The summed E-state index contributed by atoms with van der Waals surface area (Å²) in [4.78, 5) is 21.6. The molecular weight excluding hydrogens is 276 g/mol. The topological polar surface area (TPSA) is 111 Å². The number of carboxylic acids is 1. The second-order valence-corrected chi connectivity index (χ2v) is 5.04. The predicted octanol–water partition coefficient (Wildman–Crippen LogP) is 2.06. The lowest BCUT2D eigenvalue weighted by molar-refractivity contribution is -0.384. The number of benzene rings is 1.